The van der Waals surface area contributed by atoms with Crippen LogP contribution in [0, 0.1) is 11.8 Å². The maximum Gasteiger partial charge on any atom is 0.240 e. The largest absolute Gasteiger partial charge is 0.343 e. The molecule has 1 atom stereocenters. The van der Waals surface area contributed by atoms with Crippen molar-refractivity contribution in [2.45, 2.75) is 45.1 Å². The highest BCUT2D eigenvalue weighted by Gasteiger charge is 2.34. The van der Waals surface area contributed by atoms with Gasteiger partial charge in [-0.3, -0.25) is 9.59 Å². The Morgan fingerprint density at radius 1 is 1.18 bits per heavy atom. The molecule has 2 aliphatic heterocycles. The van der Waals surface area contributed by atoms with Crippen LogP contribution < -0.4 is 5.32 Å². The summed E-state index contributed by atoms with van der Waals surface area (Å²) >= 11 is 0. The lowest BCUT2D eigenvalue weighted by Gasteiger charge is -2.35. The molecule has 1 saturated carbocycles. The van der Waals surface area contributed by atoms with Crippen molar-refractivity contribution in [3.63, 3.8) is 0 Å². The number of nitrogens with one attached hydrogen (secondary N) is 1. The van der Waals surface area contributed by atoms with Crippen molar-refractivity contribution in [1.82, 2.24) is 15.1 Å². The van der Waals surface area contributed by atoms with Gasteiger partial charge in [-0.05, 0) is 37.5 Å². The number of amides is 2. The lowest BCUT2D eigenvalue weighted by molar-refractivity contribution is -0.141. The molecule has 2 amide bonds. The van der Waals surface area contributed by atoms with E-state index in [0.29, 0.717) is 12.3 Å². The van der Waals surface area contributed by atoms with Crippen LogP contribution >= 0.6 is 12.4 Å². The third kappa shape index (κ3) is 4.35. The standard InChI is InChI=1S/C16H27N3O2.ClH/c1-12-4-7-18(8-5-12)15(20)10-14-16(21)19(9-6-17-14)11-13-2-3-13;/h12-14,17H,2-11H2,1H3;1H. The lowest BCUT2D eigenvalue weighted by Crippen LogP contribution is -2.57. The zero-order chi connectivity index (χ0) is 14.8. The first kappa shape index (κ1) is 17.5. The van der Waals surface area contributed by atoms with Gasteiger partial charge in [0.05, 0.1) is 12.5 Å². The third-order valence-corrected chi connectivity index (χ3v) is 5.07. The summed E-state index contributed by atoms with van der Waals surface area (Å²) in [4.78, 5) is 28.7. The van der Waals surface area contributed by atoms with Crippen LogP contribution in [0.1, 0.15) is 39.0 Å². The minimum atomic E-state index is -0.302. The van der Waals surface area contributed by atoms with Crippen LogP contribution in [0.3, 0.4) is 0 Å². The number of nitrogens with zero attached hydrogens (tertiary/aromatic N) is 2. The minimum Gasteiger partial charge on any atom is -0.343 e. The number of piperazine rings is 1. The topological polar surface area (TPSA) is 52.7 Å². The summed E-state index contributed by atoms with van der Waals surface area (Å²) in [6.07, 6.45) is 5.02. The first-order chi connectivity index (χ1) is 10.1. The summed E-state index contributed by atoms with van der Waals surface area (Å²) in [5.41, 5.74) is 0. The molecular weight excluding hydrogens is 302 g/mol. The van der Waals surface area contributed by atoms with Crippen LogP contribution in [-0.2, 0) is 9.59 Å². The highest BCUT2D eigenvalue weighted by molar-refractivity contribution is 5.89. The molecule has 6 heteroatoms. The summed E-state index contributed by atoms with van der Waals surface area (Å²) < 4.78 is 0. The van der Waals surface area contributed by atoms with Crippen LogP contribution in [0.2, 0.25) is 0 Å². The van der Waals surface area contributed by atoms with Gasteiger partial charge in [0.2, 0.25) is 11.8 Å². The molecule has 22 heavy (non-hydrogen) atoms. The number of carbonyl (C=O) groups is 2. The van der Waals surface area contributed by atoms with E-state index in [2.05, 4.69) is 12.2 Å². The van der Waals surface area contributed by atoms with Gasteiger partial charge in [0.1, 0.15) is 0 Å². The average molecular weight is 330 g/mol. The van der Waals surface area contributed by atoms with Gasteiger partial charge in [-0.1, -0.05) is 6.92 Å². The molecule has 3 aliphatic rings. The molecule has 0 bridgehead atoms. The predicted molar refractivity (Wildman–Crippen MR) is 87.9 cm³/mol. The van der Waals surface area contributed by atoms with Crippen LogP contribution in [0.4, 0.5) is 0 Å². The lowest BCUT2D eigenvalue weighted by atomic mass is 9.98. The van der Waals surface area contributed by atoms with Crippen molar-refractivity contribution in [3.05, 3.63) is 0 Å². The van der Waals surface area contributed by atoms with Gasteiger partial charge in [-0.15, -0.1) is 12.4 Å². The first-order valence-electron chi connectivity index (χ1n) is 8.43. The Balaban J connectivity index is 0.00000176. The molecule has 2 saturated heterocycles. The van der Waals surface area contributed by atoms with E-state index in [0.717, 1.165) is 51.5 Å². The normalized spacial score (nSPS) is 26.8. The first-order valence-corrected chi connectivity index (χ1v) is 8.43. The molecule has 0 aromatic heterocycles. The van der Waals surface area contributed by atoms with E-state index in [4.69, 9.17) is 0 Å². The van der Waals surface area contributed by atoms with Gasteiger partial charge in [0, 0.05) is 32.7 Å². The van der Waals surface area contributed by atoms with Crippen molar-refractivity contribution >= 4 is 24.2 Å². The van der Waals surface area contributed by atoms with Gasteiger partial charge >= 0.3 is 0 Å². The highest BCUT2D eigenvalue weighted by Crippen LogP contribution is 2.30. The number of carbonyl (C=O) groups excluding carboxylic acids is 2. The Labute approximate surface area is 139 Å². The summed E-state index contributed by atoms with van der Waals surface area (Å²) in [5, 5.41) is 3.23. The molecule has 3 fully saturated rings. The quantitative estimate of drug-likeness (QED) is 0.845. The molecule has 5 nitrogen and oxygen atoms in total. The van der Waals surface area contributed by atoms with E-state index in [1.165, 1.54) is 12.8 Å². The fourth-order valence-electron chi connectivity index (χ4n) is 3.31. The van der Waals surface area contributed by atoms with E-state index in [1.807, 2.05) is 9.80 Å². The Kier molecular flexibility index (Phi) is 6.09. The van der Waals surface area contributed by atoms with Gasteiger partial charge in [0.25, 0.3) is 0 Å². The fraction of sp³-hybridized carbons (Fsp3) is 0.875. The van der Waals surface area contributed by atoms with Crippen LogP contribution in [-0.4, -0.2) is 60.4 Å². The zero-order valence-corrected chi connectivity index (χ0v) is 14.2. The zero-order valence-electron chi connectivity index (χ0n) is 13.4. The second-order valence-electron chi connectivity index (χ2n) is 7.00. The van der Waals surface area contributed by atoms with E-state index in [9.17, 15) is 9.59 Å². The smallest absolute Gasteiger partial charge is 0.240 e. The van der Waals surface area contributed by atoms with Crippen molar-refractivity contribution in [2.24, 2.45) is 11.8 Å². The molecule has 1 unspecified atom stereocenters. The molecule has 0 aromatic rings. The number of likely N-dealkylation sites (tertiary alicyclic amines) is 1. The van der Waals surface area contributed by atoms with E-state index in [1.54, 1.807) is 0 Å². The van der Waals surface area contributed by atoms with Crippen LogP contribution in [0.25, 0.3) is 0 Å². The molecule has 2 heterocycles. The van der Waals surface area contributed by atoms with Crippen LogP contribution in [0.5, 0.6) is 0 Å². The van der Waals surface area contributed by atoms with Gasteiger partial charge < -0.3 is 15.1 Å². The maximum absolute atomic E-state index is 12.5. The molecule has 0 aromatic carbocycles. The second-order valence-corrected chi connectivity index (χ2v) is 7.00. The van der Waals surface area contributed by atoms with Crippen molar-refractivity contribution in [1.29, 1.82) is 0 Å². The summed E-state index contributed by atoms with van der Waals surface area (Å²) in [7, 11) is 0. The highest BCUT2D eigenvalue weighted by atomic mass is 35.5. The summed E-state index contributed by atoms with van der Waals surface area (Å²) in [6, 6.07) is -0.302. The second kappa shape index (κ2) is 7.64. The minimum absolute atomic E-state index is 0. The predicted octanol–water partition coefficient (Wildman–Crippen LogP) is 1.27. The maximum atomic E-state index is 12.5. The van der Waals surface area contributed by atoms with E-state index < -0.39 is 0 Å². The molecule has 1 N–H and O–H groups in total. The molecule has 0 spiro atoms. The summed E-state index contributed by atoms with van der Waals surface area (Å²) in [5.74, 6) is 1.71. The fourth-order valence-corrected chi connectivity index (χ4v) is 3.31. The van der Waals surface area contributed by atoms with Crippen molar-refractivity contribution in [3.8, 4) is 0 Å². The number of hydrogen-bond acceptors (Lipinski definition) is 3. The van der Waals surface area contributed by atoms with Gasteiger partial charge in [-0.25, -0.2) is 0 Å². The average Bonchev–Trinajstić information content (AvgIpc) is 3.28. The Morgan fingerprint density at radius 2 is 1.86 bits per heavy atom. The third-order valence-electron chi connectivity index (χ3n) is 5.07. The molecule has 1 aliphatic carbocycles. The Hall–Kier alpha value is -0.810. The van der Waals surface area contributed by atoms with Crippen molar-refractivity contribution < 1.29 is 9.59 Å². The number of halogens is 1. The SMILES string of the molecule is CC1CCN(C(=O)CC2NCCN(CC3CC3)C2=O)CC1.Cl. The molecular formula is C16H28ClN3O2. The van der Waals surface area contributed by atoms with Crippen molar-refractivity contribution in [2.75, 3.05) is 32.7 Å². The number of piperidine rings is 1. The number of rotatable bonds is 4. The molecule has 3 rings (SSSR count). The molecule has 126 valence electrons. The Bertz CT molecular complexity index is 406. The van der Waals surface area contributed by atoms with E-state index >= 15 is 0 Å². The number of hydrogen-bond donors (Lipinski definition) is 1. The monoisotopic (exact) mass is 329 g/mol. The Morgan fingerprint density at radius 3 is 2.50 bits per heavy atom. The summed E-state index contributed by atoms with van der Waals surface area (Å²) in [6.45, 7) is 6.45. The van der Waals surface area contributed by atoms with E-state index in [-0.39, 0.29) is 30.3 Å². The van der Waals surface area contributed by atoms with Crippen LogP contribution in [0.15, 0.2) is 0 Å². The van der Waals surface area contributed by atoms with Gasteiger partial charge in [0.15, 0.2) is 0 Å². The van der Waals surface area contributed by atoms with Gasteiger partial charge in [-0.2, -0.15) is 0 Å². The molecule has 0 radical (unpaired) electrons.